The van der Waals surface area contributed by atoms with E-state index in [4.69, 9.17) is 0 Å². The van der Waals surface area contributed by atoms with Crippen LogP contribution < -0.4 is 15.5 Å². The van der Waals surface area contributed by atoms with Crippen molar-refractivity contribution in [2.24, 2.45) is 5.41 Å². The number of hydrogen-bond donors (Lipinski definition) is 2. The third-order valence-electron chi connectivity index (χ3n) is 4.25. The Hall–Kier alpha value is -2.37. The monoisotopic (exact) mass is 345 g/mol. The van der Waals surface area contributed by atoms with Crippen LogP contribution in [0.4, 0.5) is 5.69 Å². The number of nitrogens with zero attached hydrogens (tertiary/aromatic N) is 1. The lowest BCUT2D eigenvalue weighted by Gasteiger charge is -2.33. The van der Waals surface area contributed by atoms with Crippen LogP contribution in [0.5, 0.6) is 0 Å². The molecule has 0 spiro atoms. The number of carbonyl (C=O) groups is 3. The van der Waals surface area contributed by atoms with Gasteiger partial charge in [0, 0.05) is 17.6 Å². The van der Waals surface area contributed by atoms with Crippen molar-refractivity contribution in [2.75, 3.05) is 11.4 Å². The summed E-state index contributed by atoms with van der Waals surface area (Å²) in [4.78, 5) is 38.8. The Morgan fingerprint density at radius 3 is 2.44 bits per heavy atom. The van der Waals surface area contributed by atoms with E-state index in [1.165, 1.54) is 0 Å². The average molecular weight is 345 g/mol. The van der Waals surface area contributed by atoms with Crippen LogP contribution in [0.2, 0.25) is 0 Å². The number of anilines is 1. The Morgan fingerprint density at radius 2 is 1.84 bits per heavy atom. The highest BCUT2D eigenvalue weighted by molar-refractivity contribution is 6.00. The van der Waals surface area contributed by atoms with E-state index in [9.17, 15) is 14.4 Å². The molecule has 1 aliphatic rings. The van der Waals surface area contributed by atoms with Gasteiger partial charge in [0.15, 0.2) is 0 Å². The number of piperidine rings is 1. The molecule has 2 N–H and O–H groups in total. The molecule has 1 aromatic rings. The van der Waals surface area contributed by atoms with Gasteiger partial charge in [-0.25, -0.2) is 0 Å². The molecule has 0 saturated carbocycles. The Morgan fingerprint density at radius 1 is 1.20 bits per heavy atom. The molecule has 2 rings (SSSR count). The van der Waals surface area contributed by atoms with Crippen molar-refractivity contribution in [3.63, 3.8) is 0 Å². The highest BCUT2D eigenvalue weighted by Gasteiger charge is 2.32. The SMILES string of the molecule is C[C@H](NC(=O)C(C)(C)C)C(=O)N[C@H]1CCCN(c2ccccc2)C1=O. The van der Waals surface area contributed by atoms with Gasteiger partial charge < -0.3 is 15.5 Å². The highest BCUT2D eigenvalue weighted by atomic mass is 16.2. The lowest BCUT2D eigenvalue weighted by molar-refractivity contribution is -0.134. The lowest BCUT2D eigenvalue weighted by atomic mass is 9.95. The normalized spacial score (nSPS) is 19.3. The minimum atomic E-state index is -0.688. The van der Waals surface area contributed by atoms with Crippen LogP contribution in [-0.4, -0.2) is 36.3 Å². The fourth-order valence-electron chi connectivity index (χ4n) is 2.65. The van der Waals surface area contributed by atoms with Crippen LogP contribution in [0.3, 0.4) is 0 Å². The first kappa shape index (κ1) is 19.0. The maximum atomic E-state index is 12.7. The first-order valence-electron chi connectivity index (χ1n) is 8.68. The zero-order chi connectivity index (χ0) is 18.6. The topological polar surface area (TPSA) is 78.5 Å². The quantitative estimate of drug-likeness (QED) is 0.874. The Kier molecular flexibility index (Phi) is 5.82. The molecule has 0 unspecified atom stereocenters. The second-order valence-corrected chi connectivity index (χ2v) is 7.47. The molecule has 0 radical (unpaired) electrons. The van der Waals surface area contributed by atoms with Gasteiger partial charge in [-0.3, -0.25) is 14.4 Å². The smallest absolute Gasteiger partial charge is 0.249 e. The molecular formula is C19H27N3O3. The molecule has 0 aromatic heterocycles. The second-order valence-electron chi connectivity index (χ2n) is 7.47. The minimum Gasteiger partial charge on any atom is -0.344 e. The number of rotatable bonds is 4. The highest BCUT2D eigenvalue weighted by Crippen LogP contribution is 2.20. The predicted octanol–water partition coefficient (Wildman–Crippen LogP) is 1.85. The Bertz CT molecular complexity index is 637. The van der Waals surface area contributed by atoms with E-state index in [2.05, 4.69) is 10.6 Å². The minimum absolute atomic E-state index is 0.111. The molecule has 1 saturated heterocycles. The van der Waals surface area contributed by atoms with E-state index in [0.717, 1.165) is 12.1 Å². The summed E-state index contributed by atoms with van der Waals surface area (Å²) in [5.74, 6) is -0.651. The standard InChI is InChI=1S/C19H27N3O3/c1-13(20-18(25)19(2,3)4)16(23)21-15-11-8-12-22(17(15)24)14-9-6-5-7-10-14/h5-7,9-10,13,15H,8,11-12H2,1-4H3,(H,20,25)(H,21,23)/t13-,15-/m0/s1. The van der Waals surface area contributed by atoms with Crippen LogP contribution >= 0.6 is 0 Å². The number of amides is 3. The molecule has 2 atom stereocenters. The third-order valence-corrected chi connectivity index (χ3v) is 4.25. The van der Waals surface area contributed by atoms with Gasteiger partial charge in [0.25, 0.3) is 0 Å². The largest absolute Gasteiger partial charge is 0.344 e. The summed E-state index contributed by atoms with van der Waals surface area (Å²) >= 11 is 0. The van der Waals surface area contributed by atoms with Gasteiger partial charge in [-0.1, -0.05) is 39.0 Å². The number of carbonyl (C=O) groups excluding carboxylic acids is 3. The molecule has 6 heteroatoms. The van der Waals surface area contributed by atoms with E-state index < -0.39 is 17.5 Å². The van der Waals surface area contributed by atoms with Gasteiger partial charge in [0.1, 0.15) is 12.1 Å². The van der Waals surface area contributed by atoms with Gasteiger partial charge in [0.2, 0.25) is 17.7 Å². The Labute approximate surface area is 149 Å². The number of nitrogens with one attached hydrogen (secondary N) is 2. The summed E-state index contributed by atoms with van der Waals surface area (Å²) in [6.45, 7) is 7.63. The molecule has 0 aliphatic carbocycles. The van der Waals surface area contributed by atoms with Crippen LogP contribution in [0.1, 0.15) is 40.5 Å². The van der Waals surface area contributed by atoms with E-state index >= 15 is 0 Å². The fourth-order valence-corrected chi connectivity index (χ4v) is 2.65. The molecule has 1 aliphatic heterocycles. The molecule has 3 amide bonds. The molecule has 1 heterocycles. The van der Waals surface area contributed by atoms with E-state index in [-0.39, 0.29) is 17.7 Å². The maximum absolute atomic E-state index is 12.7. The average Bonchev–Trinajstić information content (AvgIpc) is 2.56. The van der Waals surface area contributed by atoms with Crippen molar-refractivity contribution in [3.05, 3.63) is 30.3 Å². The van der Waals surface area contributed by atoms with E-state index in [0.29, 0.717) is 13.0 Å². The number of hydrogen-bond acceptors (Lipinski definition) is 3. The predicted molar refractivity (Wildman–Crippen MR) is 97.0 cm³/mol. The van der Waals surface area contributed by atoms with Gasteiger partial charge in [-0.05, 0) is 31.9 Å². The molecule has 1 aromatic carbocycles. The summed E-state index contributed by atoms with van der Waals surface area (Å²) in [6, 6.07) is 8.19. The zero-order valence-electron chi connectivity index (χ0n) is 15.3. The zero-order valence-corrected chi connectivity index (χ0v) is 15.3. The second kappa shape index (κ2) is 7.68. The summed E-state index contributed by atoms with van der Waals surface area (Å²) in [6.07, 6.45) is 1.42. The van der Waals surface area contributed by atoms with E-state index in [1.54, 1.807) is 32.6 Å². The molecule has 1 fully saturated rings. The maximum Gasteiger partial charge on any atom is 0.249 e. The van der Waals surface area contributed by atoms with Crippen LogP contribution in [0.25, 0.3) is 0 Å². The molecular weight excluding hydrogens is 318 g/mol. The molecule has 6 nitrogen and oxygen atoms in total. The van der Waals surface area contributed by atoms with Crippen molar-refractivity contribution in [1.82, 2.24) is 10.6 Å². The molecule has 136 valence electrons. The van der Waals surface area contributed by atoms with Gasteiger partial charge in [-0.15, -0.1) is 0 Å². The summed E-state index contributed by atoms with van der Waals surface area (Å²) < 4.78 is 0. The third kappa shape index (κ3) is 4.81. The van der Waals surface area contributed by atoms with Crippen molar-refractivity contribution in [3.8, 4) is 0 Å². The fraction of sp³-hybridized carbons (Fsp3) is 0.526. The van der Waals surface area contributed by atoms with Gasteiger partial charge in [0.05, 0.1) is 0 Å². The van der Waals surface area contributed by atoms with Crippen LogP contribution in [0.15, 0.2) is 30.3 Å². The van der Waals surface area contributed by atoms with Crippen molar-refractivity contribution in [1.29, 1.82) is 0 Å². The van der Waals surface area contributed by atoms with Crippen LogP contribution in [-0.2, 0) is 14.4 Å². The van der Waals surface area contributed by atoms with Crippen LogP contribution in [0, 0.1) is 5.41 Å². The van der Waals surface area contributed by atoms with Gasteiger partial charge >= 0.3 is 0 Å². The Balaban J connectivity index is 1.98. The first-order valence-corrected chi connectivity index (χ1v) is 8.68. The van der Waals surface area contributed by atoms with Crippen molar-refractivity contribution >= 4 is 23.4 Å². The number of benzene rings is 1. The summed E-state index contributed by atoms with van der Waals surface area (Å²) in [7, 11) is 0. The molecule has 25 heavy (non-hydrogen) atoms. The van der Waals surface area contributed by atoms with Crippen molar-refractivity contribution < 1.29 is 14.4 Å². The summed E-state index contributed by atoms with van der Waals surface area (Å²) in [5, 5.41) is 5.47. The number of para-hydroxylation sites is 1. The first-order chi connectivity index (χ1) is 11.7. The molecule has 0 bridgehead atoms. The van der Waals surface area contributed by atoms with Crippen molar-refractivity contribution in [2.45, 2.75) is 52.6 Å². The summed E-state index contributed by atoms with van der Waals surface area (Å²) in [5.41, 5.74) is 0.264. The van der Waals surface area contributed by atoms with Gasteiger partial charge in [-0.2, -0.15) is 0 Å². The lowest BCUT2D eigenvalue weighted by Crippen LogP contribution is -2.56. The van der Waals surface area contributed by atoms with E-state index in [1.807, 2.05) is 30.3 Å².